The normalized spacial score (nSPS) is 10.8. The number of nitrogens with zero attached hydrogens (tertiary/aromatic N) is 2. The maximum Gasteiger partial charge on any atom is 0.277 e. The van der Waals surface area contributed by atoms with Crippen molar-refractivity contribution in [3.05, 3.63) is 52.5 Å². The van der Waals surface area contributed by atoms with Gasteiger partial charge in [0.15, 0.2) is 6.61 Å². The second kappa shape index (κ2) is 9.83. The molecule has 6 nitrogen and oxygen atoms in total. The van der Waals surface area contributed by atoms with Crippen LogP contribution in [-0.2, 0) is 4.79 Å². The average Bonchev–Trinajstić information content (AvgIpc) is 2.63. The molecule has 1 amide bonds. The Labute approximate surface area is 164 Å². The number of aryl methyl sites for hydroxylation is 1. The monoisotopic (exact) mass is 389 g/mol. The fraction of sp³-hybridized carbons (Fsp3) is 0.300. The topological polar surface area (TPSA) is 74.2 Å². The fourth-order valence-electron chi connectivity index (χ4n) is 2.55. The Balaban J connectivity index is 1.90. The lowest BCUT2D eigenvalue weighted by atomic mass is 10.2. The van der Waals surface area contributed by atoms with Crippen molar-refractivity contribution in [2.24, 2.45) is 5.10 Å². The first-order valence-corrected chi connectivity index (χ1v) is 9.11. The van der Waals surface area contributed by atoms with Crippen LogP contribution in [0.4, 0.5) is 5.69 Å². The zero-order valence-corrected chi connectivity index (χ0v) is 16.5. The Bertz CT molecular complexity index is 820. The van der Waals surface area contributed by atoms with E-state index >= 15 is 0 Å². The summed E-state index contributed by atoms with van der Waals surface area (Å²) in [6.45, 7) is 7.49. The minimum absolute atomic E-state index is 0.102. The lowest BCUT2D eigenvalue weighted by Gasteiger charge is -2.21. The van der Waals surface area contributed by atoms with Crippen molar-refractivity contribution in [1.29, 1.82) is 0 Å². The summed E-state index contributed by atoms with van der Waals surface area (Å²) in [7, 11) is 0. The van der Waals surface area contributed by atoms with Gasteiger partial charge in [0.25, 0.3) is 5.91 Å². The Morgan fingerprint density at radius 3 is 2.63 bits per heavy atom. The molecule has 2 rings (SSSR count). The van der Waals surface area contributed by atoms with Crippen molar-refractivity contribution in [2.75, 3.05) is 24.6 Å². The van der Waals surface area contributed by atoms with Crippen LogP contribution in [0.5, 0.6) is 11.5 Å². The zero-order valence-electron chi connectivity index (χ0n) is 15.7. The minimum atomic E-state index is -0.403. The molecule has 0 fully saturated rings. The van der Waals surface area contributed by atoms with Crippen LogP contribution in [0.2, 0.25) is 5.02 Å². The number of halogens is 1. The molecule has 27 heavy (non-hydrogen) atoms. The molecule has 0 spiro atoms. The van der Waals surface area contributed by atoms with E-state index in [9.17, 15) is 9.90 Å². The van der Waals surface area contributed by atoms with Crippen molar-refractivity contribution in [1.82, 2.24) is 5.43 Å². The number of carbonyl (C=O) groups is 1. The van der Waals surface area contributed by atoms with Crippen LogP contribution < -0.4 is 15.1 Å². The highest BCUT2D eigenvalue weighted by Gasteiger charge is 2.07. The molecule has 0 aliphatic carbocycles. The van der Waals surface area contributed by atoms with Gasteiger partial charge in [-0.1, -0.05) is 11.6 Å². The van der Waals surface area contributed by atoms with Crippen molar-refractivity contribution >= 4 is 29.4 Å². The van der Waals surface area contributed by atoms with Gasteiger partial charge in [0, 0.05) is 35.4 Å². The molecule has 0 aliphatic rings. The number of anilines is 1. The van der Waals surface area contributed by atoms with Gasteiger partial charge in [-0.2, -0.15) is 5.10 Å². The van der Waals surface area contributed by atoms with Gasteiger partial charge in [-0.3, -0.25) is 4.79 Å². The second-order valence-corrected chi connectivity index (χ2v) is 6.34. The van der Waals surface area contributed by atoms with Crippen LogP contribution in [0.3, 0.4) is 0 Å². The number of phenols is 1. The highest BCUT2D eigenvalue weighted by atomic mass is 35.5. The van der Waals surface area contributed by atoms with E-state index in [1.54, 1.807) is 30.3 Å². The van der Waals surface area contributed by atoms with E-state index in [0.29, 0.717) is 16.3 Å². The van der Waals surface area contributed by atoms with Crippen LogP contribution in [0, 0.1) is 6.92 Å². The molecule has 0 saturated heterocycles. The predicted molar refractivity (Wildman–Crippen MR) is 109 cm³/mol. The quantitative estimate of drug-likeness (QED) is 0.533. The van der Waals surface area contributed by atoms with Gasteiger partial charge in [-0.05, 0) is 56.7 Å². The maximum atomic E-state index is 11.8. The van der Waals surface area contributed by atoms with Crippen LogP contribution in [0.1, 0.15) is 25.0 Å². The number of rotatable bonds is 8. The first-order chi connectivity index (χ1) is 12.9. The molecule has 0 aromatic heterocycles. The molecule has 0 atom stereocenters. The second-order valence-electron chi connectivity index (χ2n) is 5.91. The average molecular weight is 390 g/mol. The fourth-order valence-corrected chi connectivity index (χ4v) is 2.78. The largest absolute Gasteiger partial charge is 0.507 e. The summed E-state index contributed by atoms with van der Waals surface area (Å²) in [5.74, 6) is 0.286. The summed E-state index contributed by atoms with van der Waals surface area (Å²) in [6, 6.07) is 10.5. The molecule has 0 saturated carbocycles. The molecular weight excluding hydrogens is 366 g/mol. The molecule has 7 heteroatoms. The Morgan fingerprint density at radius 2 is 2.00 bits per heavy atom. The smallest absolute Gasteiger partial charge is 0.277 e. The van der Waals surface area contributed by atoms with E-state index in [1.807, 2.05) is 13.0 Å². The lowest BCUT2D eigenvalue weighted by molar-refractivity contribution is -0.123. The van der Waals surface area contributed by atoms with Crippen molar-refractivity contribution < 1.29 is 14.6 Å². The molecule has 144 valence electrons. The molecule has 2 aromatic rings. The minimum Gasteiger partial charge on any atom is -0.507 e. The number of nitrogens with one attached hydrogen (secondary N) is 1. The summed E-state index contributed by atoms with van der Waals surface area (Å²) < 4.78 is 5.45. The third-order valence-corrected chi connectivity index (χ3v) is 4.27. The van der Waals surface area contributed by atoms with Gasteiger partial charge in [-0.25, -0.2) is 5.43 Å². The number of hydrogen-bond acceptors (Lipinski definition) is 5. The first kappa shape index (κ1) is 20.6. The predicted octanol–water partition coefficient (Wildman–Crippen LogP) is 3.73. The Morgan fingerprint density at radius 1 is 1.26 bits per heavy atom. The molecule has 2 aromatic carbocycles. The van der Waals surface area contributed by atoms with Crippen molar-refractivity contribution in [3.63, 3.8) is 0 Å². The molecule has 0 aliphatic heterocycles. The zero-order chi connectivity index (χ0) is 19.8. The van der Waals surface area contributed by atoms with Gasteiger partial charge in [0.1, 0.15) is 11.5 Å². The highest BCUT2D eigenvalue weighted by molar-refractivity contribution is 6.30. The van der Waals surface area contributed by atoms with E-state index in [4.69, 9.17) is 16.3 Å². The summed E-state index contributed by atoms with van der Waals surface area (Å²) in [4.78, 5) is 14.0. The van der Waals surface area contributed by atoms with E-state index in [2.05, 4.69) is 29.3 Å². The summed E-state index contributed by atoms with van der Waals surface area (Å²) >= 11 is 5.89. The van der Waals surface area contributed by atoms with Gasteiger partial charge in [0.05, 0.1) is 6.21 Å². The number of phenolic OH excluding ortho intramolecular Hbond substituents is 1. The van der Waals surface area contributed by atoms with Gasteiger partial charge < -0.3 is 14.7 Å². The van der Waals surface area contributed by atoms with Crippen LogP contribution in [0.25, 0.3) is 0 Å². The number of hydrazone groups is 1. The van der Waals surface area contributed by atoms with Gasteiger partial charge in [-0.15, -0.1) is 0 Å². The molecule has 0 bridgehead atoms. The first-order valence-electron chi connectivity index (χ1n) is 8.73. The molecule has 0 radical (unpaired) electrons. The van der Waals surface area contributed by atoms with Crippen LogP contribution in [0.15, 0.2) is 41.5 Å². The van der Waals surface area contributed by atoms with Crippen molar-refractivity contribution in [2.45, 2.75) is 20.8 Å². The van der Waals surface area contributed by atoms with Gasteiger partial charge in [0.2, 0.25) is 0 Å². The molecule has 2 N–H and O–H groups in total. The summed E-state index contributed by atoms with van der Waals surface area (Å²) in [5, 5.41) is 14.6. The molecular formula is C20H24ClN3O3. The number of amides is 1. The number of benzene rings is 2. The van der Waals surface area contributed by atoms with Crippen molar-refractivity contribution in [3.8, 4) is 11.5 Å². The standard InChI is InChI=1S/C20H24ClN3O3/c1-4-24(5-2)17-8-6-15(18(25)11-17)12-22-23-20(26)13-27-19-9-7-16(21)10-14(19)3/h6-12,25H,4-5,13H2,1-3H3,(H,23,26)/b22-12-. The van der Waals surface area contributed by atoms with E-state index in [1.165, 1.54) is 6.21 Å². The lowest BCUT2D eigenvalue weighted by Crippen LogP contribution is -2.24. The summed E-state index contributed by atoms with van der Waals surface area (Å²) in [6.07, 6.45) is 1.40. The number of carbonyl (C=O) groups excluding carboxylic acids is 1. The van der Waals surface area contributed by atoms with Crippen LogP contribution >= 0.6 is 11.6 Å². The Kier molecular flexibility index (Phi) is 7.49. The highest BCUT2D eigenvalue weighted by Crippen LogP contribution is 2.23. The molecule has 0 heterocycles. The Hall–Kier alpha value is -2.73. The molecule has 0 unspecified atom stereocenters. The van der Waals surface area contributed by atoms with Gasteiger partial charge >= 0.3 is 0 Å². The number of hydrogen-bond donors (Lipinski definition) is 2. The summed E-state index contributed by atoms with van der Waals surface area (Å²) in [5.41, 5.74) is 4.67. The number of ether oxygens (including phenoxy) is 1. The van der Waals surface area contributed by atoms with E-state index < -0.39 is 5.91 Å². The van der Waals surface area contributed by atoms with E-state index in [0.717, 1.165) is 24.3 Å². The number of aromatic hydroxyl groups is 1. The van der Waals surface area contributed by atoms with Crippen LogP contribution in [-0.4, -0.2) is 36.9 Å². The SMILES string of the molecule is CCN(CC)c1ccc(/C=N\NC(=O)COc2ccc(Cl)cc2C)c(O)c1. The maximum absolute atomic E-state index is 11.8. The third-order valence-electron chi connectivity index (χ3n) is 4.03. The third kappa shape index (κ3) is 5.89. The van der Waals surface area contributed by atoms with E-state index in [-0.39, 0.29) is 12.4 Å².